The van der Waals surface area contributed by atoms with E-state index in [1.165, 1.54) is 11.8 Å². The van der Waals surface area contributed by atoms with Crippen LogP contribution in [0.2, 0.25) is 0 Å². The number of hydrogen-bond acceptors (Lipinski definition) is 5. The Balaban J connectivity index is 1.68. The molecule has 2 aliphatic heterocycles. The lowest BCUT2D eigenvalue weighted by atomic mass is 9.98. The molecule has 2 unspecified atom stereocenters. The average Bonchev–Trinajstić information content (AvgIpc) is 2.60. The number of benzene rings is 1. The lowest BCUT2D eigenvalue weighted by Gasteiger charge is -2.32. The highest BCUT2D eigenvalue weighted by atomic mass is 32.2. The number of nitrogens with zero attached hydrogens (tertiary/aromatic N) is 2. The first-order chi connectivity index (χ1) is 11.2. The van der Waals surface area contributed by atoms with Crippen LogP contribution >= 0.6 is 11.8 Å². The van der Waals surface area contributed by atoms with Gasteiger partial charge in [-0.2, -0.15) is 0 Å². The number of piperidine rings is 1. The number of ether oxygens (including phenoxy) is 1. The van der Waals surface area contributed by atoms with Gasteiger partial charge in [0.2, 0.25) is 5.91 Å². The van der Waals surface area contributed by atoms with Gasteiger partial charge in [-0.1, -0.05) is 6.07 Å². The summed E-state index contributed by atoms with van der Waals surface area (Å²) >= 11 is 1.53. The fourth-order valence-electron chi connectivity index (χ4n) is 2.84. The molecule has 0 aliphatic carbocycles. The third-order valence-corrected chi connectivity index (χ3v) is 5.29. The Hall–Kier alpha value is -2.34. The number of thioether (sulfide) groups is 1. The number of methoxy groups -OCH3 is 1. The van der Waals surface area contributed by atoms with Crippen LogP contribution in [-0.4, -0.2) is 29.0 Å². The lowest BCUT2D eigenvalue weighted by molar-refractivity contribution is -0.120. The SMILES string of the molecule is COc1ccc2c(c1)SC1C(=O)NC(c3ccccn3)CC1=N2. The highest BCUT2D eigenvalue weighted by Crippen LogP contribution is 2.42. The molecule has 116 valence electrons. The zero-order valence-electron chi connectivity index (χ0n) is 12.5. The highest BCUT2D eigenvalue weighted by Gasteiger charge is 2.37. The second-order valence-corrected chi connectivity index (χ2v) is 6.60. The van der Waals surface area contributed by atoms with Gasteiger partial charge < -0.3 is 10.1 Å². The molecule has 1 aromatic heterocycles. The third-order valence-electron chi connectivity index (χ3n) is 3.99. The van der Waals surface area contributed by atoms with Crippen molar-refractivity contribution in [3.8, 4) is 5.75 Å². The minimum absolute atomic E-state index is 0.0101. The summed E-state index contributed by atoms with van der Waals surface area (Å²) in [6, 6.07) is 11.4. The normalized spacial score (nSPS) is 22.5. The van der Waals surface area contributed by atoms with Crippen molar-refractivity contribution in [2.24, 2.45) is 4.99 Å². The summed E-state index contributed by atoms with van der Waals surface area (Å²) in [6.07, 6.45) is 2.43. The second-order valence-electron chi connectivity index (χ2n) is 5.45. The smallest absolute Gasteiger partial charge is 0.239 e. The predicted octanol–water partition coefficient (Wildman–Crippen LogP) is 2.90. The fourth-order valence-corrected chi connectivity index (χ4v) is 3.97. The van der Waals surface area contributed by atoms with Crippen molar-refractivity contribution in [2.75, 3.05) is 7.11 Å². The molecule has 0 saturated carbocycles. The van der Waals surface area contributed by atoms with E-state index in [0.29, 0.717) is 6.42 Å². The molecule has 2 aliphatic rings. The molecule has 2 atom stereocenters. The first-order valence-electron chi connectivity index (χ1n) is 7.38. The summed E-state index contributed by atoms with van der Waals surface area (Å²) in [4.78, 5) is 22.6. The Bertz CT molecular complexity index is 792. The van der Waals surface area contributed by atoms with Gasteiger partial charge in [-0.3, -0.25) is 14.8 Å². The average molecular weight is 325 g/mol. The molecule has 1 saturated heterocycles. The molecule has 1 amide bonds. The van der Waals surface area contributed by atoms with Crippen molar-refractivity contribution in [1.82, 2.24) is 10.3 Å². The number of nitrogens with one attached hydrogen (secondary N) is 1. The first kappa shape index (κ1) is 14.3. The van der Waals surface area contributed by atoms with Crippen LogP contribution in [0.5, 0.6) is 5.75 Å². The maximum Gasteiger partial charge on any atom is 0.239 e. The molecule has 6 heteroatoms. The molecule has 1 N–H and O–H groups in total. The summed E-state index contributed by atoms with van der Waals surface area (Å²) < 4.78 is 5.25. The number of aliphatic imine (C=N–C) groups is 1. The lowest BCUT2D eigenvalue weighted by Crippen LogP contribution is -2.47. The summed E-state index contributed by atoms with van der Waals surface area (Å²) in [5.74, 6) is 0.765. The van der Waals surface area contributed by atoms with Gasteiger partial charge in [0.1, 0.15) is 11.0 Å². The first-order valence-corrected chi connectivity index (χ1v) is 8.26. The molecular weight excluding hydrogens is 310 g/mol. The number of aromatic nitrogens is 1. The van der Waals surface area contributed by atoms with Gasteiger partial charge in [-0.05, 0) is 30.3 Å². The van der Waals surface area contributed by atoms with Gasteiger partial charge in [-0.15, -0.1) is 11.8 Å². The Labute approximate surface area is 138 Å². The molecule has 0 spiro atoms. The van der Waals surface area contributed by atoms with Crippen LogP contribution in [0.4, 0.5) is 5.69 Å². The Kier molecular flexibility index (Phi) is 3.53. The van der Waals surface area contributed by atoms with Crippen LogP contribution in [0, 0.1) is 0 Å². The Morgan fingerprint density at radius 1 is 1.30 bits per heavy atom. The van der Waals surface area contributed by atoms with Crippen molar-refractivity contribution in [2.45, 2.75) is 22.6 Å². The quantitative estimate of drug-likeness (QED) is 0.922. The van der Waals surface area contributed by atoms with Crippen molar-refractivity contribution in [3.63, 3.8) is 0 Å². The maximum atomic E-state index is 12.5. The molecular formula is C17H15N3O2S. The molecule has 1 fully saturated rings. The molecule has 23 heavy (non-hydrogen) atoms. The van der Waals surface area contributed by atoms with E-state index in [2.05, 4.69) is 10.3 Å². The van der Waals surface area contributed by atoms with Gasteiger partial charge >= 0.3 is 0 Å². The van der Waals surface area contributed by atoms with Gasteiger partial charge in [0.25, 0.3) is 0 Å². The maximum absolute atomic E-state index is 12.5. The second kappa shape index (κ2) is 5.70. The molecule has 5 nitrogen and oxygen atoms in total. The van der Waals surface area contributed by atoms with Crippen LogP contribution in [0.1, 0.15) is 18.2 Å². The van der Waals surface area contributed by atoms with E-state index in [4.69, 9.17) is 9.73 Å². The summed E-state index contributed by atoms with van der Waals surface area (Å²) in [7, 11) is 1.63. The van der Waals surface area contributed by atoms with Crippen LogP contribution in [0.25, 0.3) is 0 Å². The number of carbonyl (C=O) groups excluding carboxylic acids is 1. The third kappa shape index (κ3) is 2.59. The van der Waals surface area contributed by atoms with Crippen LogP contribution in [0.15, 0.2) is 52.5 Å². The number of fused-ring (bicyclic) bond motifs is 2. The van der Waals surface area contributed by atoms with E-state index in [-0.39, 0.29) is 17.2 Å². The zero-order chi connectivity index (χ0) is 15.8. The zero-order valence-corrected chi connectivity index (χ0v) is 13.3. The van der Waals surface area contributed by atoms with E-state index in [1.54, 1.807) is 13.3 Å². The van der Waals surface area contributed by atoms with Crippen LogP contribution in [0.3, 0.4) is 0 Å². The summed E-state index contributed by atoms with van der Waals surface area (Å²) in [6.45, 7) is 0. The Morgan fingerprint density at radius 3 is 3.00 bits per heavy atom. The van der Waals surface area contributed by atoms with E-state index in [9.17, 15) is 4.79 Å². The number of pyridine rings is 1. The number of carbonyl (C=O) groups is 1. The van der Waals surface area contributed by atoms with Crippen LogP contribution in [-0.2, 0) is 4.79 Å². The van der Waals surface area contributed by atoms with E-state index in [1.807, 2.05) is 36.4 Å². The molecule has 4 rings (SSSR count). The van der Waals surface area contributed by atoms with Gasteiger partial charge in [0.05, 0.1) is 24.5 Å². The molecule has 1 aromatic carbocycles. The highest BCUT2D eigenvalue weighted by molar-refractivity contribution is 8.01. The number of hydrogen-bond donors (Lipinski definition) is 1. The van der Waals surface area contributed by atoms with Gasteiger partial charge in [-0.25, -0.2) is 0 Å². The summed E-state index contributed by atoms with van der Waals surface area (Å²) in [5, 5.41) is 2.79. The Morgan fingerprint density at radius 2 is 2.22 bits per heavy atom. The molecule has 2 aromatic rings. The molecule has 0 bridgehead atoms. The number of amides is 1. The van der Waals surface area contributed by atoms with E-state index in [0.717, 1.165) is 27.7 Å². The minimum atomic E-state index is -0.269. The largest absolute Gasteiger partial charge is 0.497 e. The van der Waals surface area contributed by atoms with Crippen molar-refractivity contribution >= 4 is 29.1 Å². The monoisotopic (exact) mass is 325 g/mol. The molecule has 3 heterocycles. The van der Waals surface area contributed by atoms with Crippen molar-refractivity contribution in [1.29, 1.82) is 0 Å². The minimum Gasteiger partial charge on any atom is -0.497 e. The van der Waals surface area contributed by atoms with E-state index >= 15 is 0 Å². The van der Waals surface area contributed by atoms with Crippen LogP contribution < -0.4 is 10.1 Å². The standard InChI is InChI=1S/C17H15N3O2S/c1-22-10-5-6-12-15(8-10)23-16-14(19-12)9-13(20-17(16)21)11-4-2-3-7-18-11/h2-8,13,16H,9H2,1H3,(H,20,21). The topological polar surface area (TPSA) is 63.6 Å². The van der Waals surface area contributed by atoms with Crippen molar-refractivity contribution < 1.29 is 9.53 Å². The van der Waals surface area contributed by atoms with Gasteiger partial charge in [0.15, 0.2) is 0 Å². The van der Waals surface area contributed by atoms with Crippen molar-refractivity contribution in [3.05, 3.63) is 48.3 Å². The van der Waals surface area contributed by atoms with Gasteiger partial charge in [0, 0.05) is 23.2 Å². The summed E-state index contributed by atoms with van der Waals surface area (Å²) in [5.41, 5.74) is 2.68. The number of rotatable bonds is 2. The van der Waals surface area contributed by atoms with E-state index < -0.39 is 0 Å². The fraction of sp³-hybridized carbons (Fsp3) is 0.235. The molecule has 0 radical (unpaired) electrons. The predicted molar refractivity (Wildman–Crippen MR) is 89.5 cm³/mol.